The molecule has 0 unspecified atom stereocenters. The van der Waals surface area contributed by atoms with Gasteiger partial charge in [0.25, 0.3) is 17.4 Å². The summed E-state index contributed by atoms with van der Waals surface area (Å²) in [7, 11) is 3.18. The smallest absolute Gasteiger partial charge is 0.276 e. The fourth-order valence-electron chi connectivity index (χ4n) is 3.89. The van der Waals surface area contributed by atoms with Gasteiger partial charge in [0.05, 0.1) is 43.3 Å². The van der Waals surface area contributed by atoms with E-state index in [4.69, 9.17) is 9.47 Å². The number of nitrogens with one attached hydrogen (secondary N) is 1. The zero-order valence-electron chi connectivity index (χ0n) is 18.4. The third-order valence-corrected chi connectivity index (χ3v) is 5.70. The average Bonchev–Trinajstić information content (AvgIpc) is 3.24. The van der Waals surface area contributed by atoms with Crippen molar-refractivity contribution < 1.29 is 19.1 Å². The van der Waals surface area contributed by atoms with Gasteiger partial charge >= 0.3 is 0 Å². The van der Waals surface area contributed by atoms with Crippen LogP contribution in [-0.4, -0.2) is 102 Å². The van der Waals surface area contributed by atoms with Crippen LogP contribution in [0, 0.1) is 0 Å². The first-order chi connectivity index (χ1) is 15.5. The van der Waals surface area contributed by atoms with Gasteiger partial charge in [-0.1, -0.05) is 6.08 Å². The highest BCUT2D eigenvalue weighted by molar-refractivity contribution is 6.52. The van der Waals surface area contributed by atoms with E-state index in [1.54, 1.807) is 30.2 Å². The lowest BCUT2D eigenvalue weighted by atomic mass is 10.1. The Hall–Kier alpha value is -3.02. The van der Waals surface area contributed by atoms with Crippen LogP contribution in [-0.2, 0) is 32.7 Å². The summed E-state index contributed by atoms with van der Waals surface area (Å²) in [5.41, 5.74) is 1.48. The Kier molecular flexibility index (Phi) is 6.68. The lowest BCUT2D eigenvalue weighted by Gasteiger charge is -2.26. The predicted octanol–water partition coefficient (Wildman–Crippen LogP) is -0.828. The van der Waals surface area contributed by atoms with Gasteiger partial charge in [0.15, 0.2) is 5.71 Å². The van der Waals surface area contributed by atoms with Gasteiger partial charge in [-0.25, -0.2) is 5.01 Å². The molecule has 2 fully saturated rings. The maximum atomic E-state index is 12.9. The highest BCUT2D eigenvalue weighted by Gasteiger charge is 2.34. The number of H-pyrrole nitrogens is 1. The van der Waals surface area contributed by atoms with Crippen LogP contribution < -0.4 is 5.56 Å². The number of hydrogen-bond donors (Lipinski definition) is 1. The third-order valence-electron chi connectivity index (χ3n) is 5.70. The molecule has 4 heterocycles. The molecule has 3 aliphatic heterocycles. The molecule has 0 aliphatic carbocycles. The van der Waals surface area contributed by atoms with Crippen molar-refractivity contribution >= 4 is 23.6 Å². The van der Waals surface area contributed by atoms with Gasteiger partial charge in [-0.15, -0.1) is 0 Å². The molecule has 0 spiro atoms. The lowest BCUT2D eigenvalue weighted by Crippen LogP contribution is -2.44. The van der Waals surface area contributed by atoms with Gasteiger partial charge in [-0.2, -0.15) is 5.10 Å². The number of ether oxygens (including phenoxy) is 2. The summed E-state index contributed by atoms with van der Waals surface area (Å²) in [6, 6.07) is 0. The molecule has 32 heavy (non-hydrogen) atoms. The van der Waals surface area contributed by atoms with Crippen molar-refractivity contribution in [1.82, 2.24) is 24.6 Å². The number of carbonyl (C=O) groups excluding carboxylic acids is 2. The van der Waals surface area contributed by atoms with E-state index in [1.807, 2.05) is 0 Å². The number of aromatic nitrogens is 2. The van der Waals surface area contributed by atoms with E-state index in [9.17, 15) is 14.4 Å². The minimum atomic E-state index is -0.359. The van der Waals surface area contributed by atoms with E-state index >= 15 is 0 Å². The number of amides is 2. The van der Waals surface area contributed by atoms with E-state index < -0.39 is 0 Å². The summed E-state index contributed by atoms with van der Waals surface area (Å²) in [5.74, 6) is -0.655. The number of aryl methyl sites for hydroxylation is 1. The Balaban J connectivity index is 1.55. The molecule has 3 aliphatic rings. The molecule has 0 atom stereocenters. The highest BCUT2D eigenvalue weighted by atomic mass is 16.5. The Morgan fingerprint density at radius 1 is 1.06 bits per heavy atom. The molecular formula is C21H28N6O5. The minimum Gasteiger partial charge on any atom is -0.379 e. The van der Waals surface area contributed by atoms with E-state index in [-0.39, 0.29) is 28.7 Å². The molecule has 0 aromatic carbocycles. The van der Waals surface area contributed by atoms with Gasteiger partial charge in [0.2, 0.25) is 0 Å². The summed E-state index contributed by atoms with van der Waals surface area (Å²) < 4.78 is 12.1. The molecule has 0 saturated carbocycles. The number of hydrazone groups is 1. The second-order valence-corrected chi connectivity index (χ2v) is 7.88. The normalized spacial score (nSPS) is 21.8. The van der Waals surface area contributed by atoms with Crippen molar-refractivity contribution in [1.29, 1.82) is 0 Å². The number of likely N-dealkylation sites (N-methyl/N-ethyl adjacent to an activating group) is 1. The topological polar surface area (TPSA) is 112 Å². The van der Waals surface area contributed by atoms with E-state index in [0.29, 0.717) is 51.6 Å². The largest absolute Gasteiger partial charge is 0.379 e. The Labute approximate surface area is 185 Å². The molecule has 1 N–H and O–H groups in total. The summed E-state index contributed by atoms with van der Waals surface area (Å²) >= 11 is 0. The zero-order valence-corrected chi connectivity index (χ0v) is 18.4. The van der Waals surface area contributed by atoms with Crippen LogP contribution in [0.2, 0.25) is 0 Å². The molecule has 2 saturated heterocycles. The molecule has 172 valence electrons. The summed E-state index contributed by atoms with van der Waals surface area (Å²) in [5, 5.41) is 8.41. The highest BCUT2D eigenvalue weighted by Crippen LogP contribution is 2.17. The maximum Gasteiger partial charge on any atom is 0.276 e. The van der Waals surface area contributed by atoms with E-state index in [0.717, 1.165) is 23.8 Å². The number of morpholine rings is 2. The molecule has 0 radical (unpaired) electrons. The van der Waals surface area contributed by atoms with Crippen LogP contribution >= 0.6 is 0 Å². The second kappa shape index (κ2) is 9.63. The Morgan fingerprint density at radius 3 is 2.41 bits per heavy atom. The first-order valence-electron chi connectivity index (χ1n) is 10.7. The van der Waals surface area contributed by atoms with Gasteiger partial charge in [0.1, 0.15) is 0 Å². The minimum absolute atomic E-state index is 0.111. The number of rotatable bonds is 5. The van der Waals surface area contributed by atoms with Crippen LogP contribution in [0.25, 0.3) is 6.08 Å². The Bertz CT molecular complexity index is 1020. The SMILES string of the molecule is CN1N=C(C(=O)N2CCOCC2)C(=CC=Cc2c(CN3CCOCC3)[nH]n(C)c2=O)C1=O. The summed E-state index contributed by atoms with van der Waals surface area (Å²) in [4.78, 5) is 41.9. The summed E-state index contributed by atoms with van der Waals surface area (Å²) in [6.45, 7) is 5.39. The monoisotopic (exact) mass is 444 g/mol. The van der Waals surface area contributed by atoms with Crippen molar-refractivity contribution in [2.45, 2.75) is 6.54 Å². The maximum absolute atomic E-state index is 12.9. The van der Waals surface area contributed by atoms with Gasteiger partial charge in [-0.3, -0.25) is 29.1 Å². The fraction of sp³-hybridized carbons (Fsp3) is 0.524. The van der Waals surface area contributed by atoms with Gasteiger partial charge < -0.3 is 14.4 Å². The second-order valence-electron chi connectivity index (χ2n) is 7.88. The van der Waals surface area contributed by atoms with Gasteiger partial charge in [-0.05, 0) is 12.2 Å². The molecule has 0 bridgehead atoms. The first kappa shape index (κ1) is 22.2. The van der Waals surface area contributed by atoms with Crippen molar-refractivity contribution in [3.05, 3.63) is 39.3 Å². The quantitative estimate of drug-likeness (QED) is 0.594. The van der Waals surface area contributed by atoms with Crippen LogP contribution in [0.3, 0.4) is 0 Å². The van der Waals surface area contributed by atoms with Crippen LogP contribution in [0.15, 0.2) is 27.6 Å². The fourth-order valence-corrected chi connectivity index (χ4v) is 3.89. The number of carbonyl (C=O) groups is 2. The molecule has 11 heteroatoms. The van der Waals surface area contributed by atoms with E-state index in [2.05, 4.69) is 15.1 Å². The number of allylic oxidation sites excluding steroid dienone is 2. The van der Waals surface area contributed by atoms with Crippen LogP contribution in [0.1, 0.15) is 11.3 Å². The standard InChI is InChI=1S/C21H28N6O5/c1-24-19(28)15(17(22-24)14-26-6-10-31-11-7-26)4-3-5-16-18(23-25(2)20(16)29)21(30)27-8-12-32-13-9-27/h3-5,22H,6-14H2,1-2H3. The molecular weight excluding hydrogens is 416 g/mol. The third kappa shape index (κ3) is 4.59. The van der Waals surface area contributed by atoms with Gasteiger partial charge in [0, 0.05) is 46.8 Å². The average molecular weight is 444 g/mol. The van der Waals surface area contributed by atoms with E-state index in [1.165, 1.54) is 11.7 Å². The molecule has 1 aromatic heterocycles. The molecule has 11 nitrogen and oxygen atoms in total. The number of nitrogens with zero attached hydrogens (tertiary/aromatic N) is 5. The van der Waals surface area contributed by atoms with Crippen LogP contribution in [0.4, 0.5) is 0 Å². The molecule has 2 amide bonds. The molecule has 1 aromatic rings. The van der Waals surface area contributed by atoms with Crippen molar-refractivity contribution in [2.75, 3.05) is 59.7 Å². The molecule has 4 rings (SSSR count). The number of aromatic amines is 1. The first-order valence-corrected chi connectivity index (χ1v) is 10.7. The predicted molar refractivity (Wildman–Crippen MR) is 117 cm³/mol. The zero-order chi connectivity index (χ0) is 22.7. The lowest BCUT2D eigenvalue weighted by molar-refractivity contribution is -0.128. The Morgan fingerprint density at radius 2 is 1.72 bits per heavy atom. The van der Waals surface area contributed by atoms with Crippen molar-refractivity contribution in [2.24, 2.45) is 12.1 Å². The van der Waals surface area contributed by atoms with Crippen molar-refractivity contribution in [3.8, 4) is 0 Å². The summed E-state index contributed by atoms with van der Waals surface area (Å²) in [6.07, 6.45) is 4.85. The number of hydrogen-bond acceptors (Lipinski definition) is 7. The van der Waals surface area contributed by atoms with Crippen molar-refractivity contribution in [3.63, 3.8) is 0 Å². The van der Waals surface area contributed by atoms with Crippen LogP contribution in [0.5, 0.6) is 0 Å².